The summed E-state index contributed by atoms with van der Waals surface area (Å²) in [5.74, 6) is 4.70. The van der Waals surface area contributed by atoms with E-state index in [2.05, 4.69) is 162 Å². The molecule has 606 valence electrons. The molecule has 4 aliphatic carbocycles. The van der Waals surface area contributed by atoms with Crippen LogP contribution >= 0.6 is 0 Å². The van der Waals surface area contributed by atoms with Gasteiger partial charge in [-0.25, -0.2) is 0 Å². The van der Waals surface area contributed by atoms with Crippen molar-refractivity contribution in [2.45, 2.75) is 436 Å². The number of piperidine rings is 4. The molecule has 22 heteroatoms. The molecule has 0 bridgehead atoms. The van der Waals surface area contributed by atoms with Crippen LogP contribution in [-0.4, -0.2) is 194 Å². The standard InChI is InChI=1S/C84H154N16O6/c1-77(2)55-63(56-78(3,4)97(77)103-67-39-23-19-24-40-67)37-31-33-47-85-71-89-73(87-49-53-101)93-75(91-71)95(65-59-81(9,10)99(82(11,12)60-65)105-69-43-27-21-28-44-69)51-35-17-18-36-52-96(66-61-83(13,14)100(84(15,16)62-66)106-70-45-29-22-30-46-70)76-92-72(90-74(94-76)88-50-54-102)86-48-34-32-38-64-57-79(5,6)98(80(7,8)58-64)104-68-41-25-20-26-42-68/h63-70,101-102H,17-62H2,1-16H3,(H2,85,87,89,91,93)(H2,86,88,90,92,94). The van der Waals surface area contributed by atoms with Gasteiger partial charge in [-0.15, -0.1) is 0 Å². The fraction of sp³-hybridized carbons (Fsp3) is 0.929. The van der Waals surface area contributed by atoms with Crippen LogP contribution in [0.15, 0.2) is 0 Å². The first kappa shape index (κ1) is 84.9. The molecule has 0 unspecified atom stereocenters. The summed E-state index contributed by atoms with van der Waals surface area (Å²) in [7, 11) is 0. The molecule has 2 aromatic heterocycles. The minimum Gasteiger partial charge on any atom is -0.395 e. The molecule has 0 aromatic carbocycles. The molecule has 4 saturated heterocycles. The number of hydrogen-bond donors (Lipinski definition) is 6. The van der Waals surface area contributed by atoms with Crippen LogP contribution in [0.2, 0.25) is 0 Å². The number of aliphatic hydroxyl groups excluding tert-OH is 2. The van der Waals surface area contributed by atoms with Crippen molar-refractivity contribution >= 4 is 35.7 Å². The van der Waals surface area contributed by atoms with Gasteiger partial charge in [-0.05, 0) is 251 Å². The van der Waals surface area contributed by atoms with E-state index in [4.69, 9.17) is 49.3 Å². The van der Waals surface area contributed by atoms with E-state index >= 15 is 0 Å². The summed E-state index contributed by atoms with van der Waals surface area (Å²) < 4.78 is 0. The first-order chi connectivity index (χ1) is 50.3. The van der Waals surface area contributed by atoms with Gasteiger partial charge in [0.05, 0.1) is 37.6 Å². The second-order valence-electron chi connectivity index (χ2n) is 39.3. The highest BCUT2D eigenvalue weighted by Gasteiger charge is 2.53. The fourth-order valence-corrected chi connectivity index (χ4v) is 21.6. The third kappa shape index (κ3) is 23.5. The van der Waals surface area contributed by atoms with Gasteiger partial charge in [0.1, 0.15) is 0 Å². The van der Waals surface area contributed by atoms with Crippen LogP contribution in [0.5, 0.6) is 0 Å². The number of rotatable bonds is 37. The zero-order chi connectivity index (χ0) is 76.0. The normalized spacial score (nSPS) is 24.8. The lowest BCUT2D eigenvalue weighted by Gasteiger charge is -2.56. The van der Waals surface area contributed by atoms with Crippen LogP contribution in [0.25, 0.3) is 0 Å². The van der Waals surface area contributed by atoms with E-state index in [1.165, 1.54) is 116 Å². The molecule has 8 fully saturated rings. The Morgan fingerprint density at radius 2 is 0.557 bits per heavy atom. The van der Waals surface area contributed by atoms with Gasteiger partial charge < -0.3 is 41.3 Å². The molecule has 6 N–H and O–H groups in total. The van der Waals surface area contributed by atoms with Gasteiger partial charge in [0.25, 0.3) is 0 Å². The highest BCUT2D eigenvalue weighted by atomic mass is 16.7. The Labute approximate surface area is 643 Å². The second-order valence-corrected chi connectivity index (χ2v) is 39.3. The van der Waals surface area contributed by atoms with Gasteiger partial charge >= 0.3 is 0 Å². The Kier molecular flexibility index (Phi) is 30.3. The van der Waals surface area contributed by atoms with Gasteiger partial charge in [0.15, 0.2) is 0 Å². The number of nitrogens with zero attached hydrogens (tertiary/aromatic N) is 12. The molecule has 2 aromatic rings. The number of aliphatic hydroxyl groups is 2. The Hall–Kier alpha value is -3.58. The van der Waals surface area contributed by atoms with Crippen molar-refractivity contribution in [2.75, 3.05) is 83.5 Å². The molecule has 106 heavy (non-hydrogen) atoms. The number of hydroxylamine groups is 8. The molecule has 10 rings (SSSR count). The lowest BCUT2D eigenvalue weighted by molar-refractivity contribution is -0.314. The summed E-state index contributed by atoms with van der Waals surface area (Å²) in [6.45, 7) is 41.8. The molecule has 8 aliphatic rings. The Bertz CT molecular complexity index is 2680. The Morgan fingerprint density at radius 3 is 0.811 bits per heavy atom. The summed E-state index contributed by atoms with van der Waals surface area (Å²) in [4.78, 5) is 64.1. The predicted octanol–water partition coefficient (Wildman–Crippen LogP) is 17.5. The molecular weight excluding hydrogens is 1330 g/mol. The minimum absolute atomic E-state index is 0.0297. The van der Waals surface area contributed by atoms with E-state index in [9.17, 15) is 10.2 Å². The second kappa shape index (κ2) is 37.8. The first-order valence-electron chi connectivity index (χ1n) is 43.5. The minimum atomic E-state index is -0.267. The van der Waals surface area contributed by atoms with E-state index in [1.54, 1.807) is 0 Å². The third-order valence-corrected chi connectivity index (χ3v) is 25.3. The Morgan fingerprint density at radius 1 is 0.311 bits per heavy atom. The maximum absolute atomic E-state index is 10.1. The SMILES string of the molecule is CC1(C)CC(CCCCNc2nc(NCCO)nc(N(CCCCCCN(c3nc(NCCO)nc(NCCCCC4CC(C)(C)N(OC5CCCCC5)C(C)(C)C4)n3)C3CC(C)(C)N(OC4CCCCC4)C(C)(C)C3)C3CC(C)(C)N(OC4CCCCC4)C(C)(C)C3)n2)CC(C)(C)N1OC1CCCCC1. The van der Waals surface area contributed by atoms with Crippen molar-refractivity contribution in [3.05, 3.63) is 0 Å². The Balaban J connectivity index is 0.835. The summed E-state index contributed by atoms with van der Waals surface area (Å²) in [5, 5.41) is 43.9. The number of unbranched alkanes of at least 4 members (excludes halogenated alkanes) is 5. The molecule has 0 spiro atoms. The first-order valence-corrected chi connectivity index (χ1v) is 43.5. The van der Waals surface area contributed by atoms with Crippen LogP contribution in [0.1, 0.15) is 355 Å². The van der Waals surface area contributed by atoms with Crippen LogP contribution < -0.4 is 31.1 Å². The van der Waals surface area contributed by atoms with E-state index in [1.807, 2.05) is 0 Å². The monoisotopic (exact) mass is 1480 g/mol. The summed E-state index contributed by atoms with van der Waals surface area (Å²) in [6.07, 6.45) is 44.2. The van der Waals surface area contributed by atoms with E-state index in [-0.39, 0.29) is 81.8 Å². The van der Waals surface area contributed by atoms with E-state index < -0.39 is 0 Å². The van der Waals surface area contributed by atoms with Gasteiger partial charge in [-0.3, -0.25) is 19.4 Å². The zero-order valence-corrected chi connectivity index (χ0v) is 70.0. The average molecular weight is 1480 g/mol. The van der Waals surface area contributed by atoms with Gasteiger partial charge in [0, 0.05) is 95.7 Å². The molecule has 0 atom stereocenters. The van der Waals surface area contributed by atoms with Crippen LogP contribution in [-0.2, 0) is 19.4 Å². The molecule has 6 heterocycles. The topological polar surface area (TPSA) is 222 Å². The van der Waals surface area contributed by atoms with Gasteiger partial charge in [-0.2, -0.15) is 50.2 Å². The maximum Gasteiger partial charge on any atom is 0.232 e. The zero-order valence-electron chi connectivity index (χ0n) is 70.0. The molecule has 22 nitrogen and oxygen atoms in total. The number of anilines is 6. The molecule has 4 aliphatic heterocycles. The number of nitrogens with one attached hydrogen (secondary N) is 4. The fourth-order valence-electron chi connectivity index (χ4n) is 21.6. The van der Waals surface area contributed by atoms with Crippen LogP contribution in [0.4, 0.5) is 35.7 Å². The smallest absolute Gasteiger partial charge is 0.232 e. The number of aromatic nitrogens is 6. The molecular formula is C84H154N16O6. The molecule has 0 radical (unpaired) electrons. The highest BCUT2D eigenvalue weighted by molar-refractivity contribution is 5.46. The summed E-state index contributed by atoms with van der Waals surface area (Å²) >= 11 is 0. The average Bonchev–Trinajstić information content (AvgIpc) is 0.769. The van der Waals surface area contributed by atoms with Gasteiger partial charge in [0.2, 0.25) is 35.7 Å². The van der Waals surface area contributed by atoms with Crippen molar-refractivity contribution < 1.29 is 29.6 Å². The van der Waals surface area contributed by atoms with Crippen LogP contribution in [0, 0.1) is 11.8 Å². The highest BCUT2D eigenvalue weighted by Crippen LogP contribution is 2.49. The van der Waals surface area contributed by atoms with E-state index in [0.29, 0.717) is 72.8 Å². The van der Waals surface area contributed by atoms with Crippen molar-refractivity contribution in [3.63, 3.8) is 0 Å². The van der Waals surface area contributed by atoms with Gasteiger partial charge in [-0.1, -0.05) is 116 Å². The van der Waals surface area contributed by atoms with Crippen molar-refractivity contribution in [1.29, 1.82) is 0 Å². The van der Waals surface area contributed by atoms with E-state index in [0.717, 1.165) is 155 Å². The largest absolute Gasteiger partial charge is 0.395 e. The van der Waals surface area contributed by atoms with Crippen molar-refractivity contribution in [1.82, 2.24) is 50.2 Å². The molecule has 4 saturated carbocycles. The summed E-state index contributed by atoms with van der Waals surface area (Å²) in [5.41, 5.74) is -1.19. The lowest BCUT2D eigenvalue weighted by Crippen LogP contribution is -2.65. The third-order valence-electron chi connectivity index (χ3n) is 25.3. The quantitative estimate of drug-likeness (QED) is 0.0346. The van der Waals surface area contributed by atoms with Crippen molar-refractivity contribution in [3.8, 4) is 0 Å². The predicted molar refractivity (Wildman–Crippen MR) is 432 cm³/mol. The maximum atomic E-state index is 10.1. The lowest BCUT2D eigenvalue weighted by atomic mass is 9.73. The number of hydrogen-bond acceptors (Lipinski definition) is 22. The molecule has 0 amide bonds. The van der Waals surface area contributed by atoms with Crippen LogP contribution in [0.3, 0.4) is 0 Å². The van der Waals surface area contributed by atoms with Crippen molar-refractivity contribution in [2.24, 2.45) is 11.8 Å². The summed E-state index contributed by atoms with van der Waals surface area (Å²) in [6, 6.07) is 0.240.